The molecule has 0 aromatic heterocycles. The number of aliphatic carboxylic acids is 1. The molecule has 0 aliphatic carbocycles. The highest BCUT2D eigenvalue weighted by molar-refractivity contribution is 7.80. The summed E-state index contributed by atoms with van der Waals surface area (Å²) in [6.07, 6.45) is -0.213. The highest BCUT2D eigenvalue weighted by Crippen LogP contribution is 2.02. The molecule has 0 rings (SSSR count). The second-order valence-electron chi connectivity index (χ2n) is 6.61. The van der Waals surface area contributed by atoms with Gasteiger partial charge in [0.25, 0.3) is 0 Å². The molecule has 0 bridgehead atoms. The van der Waals surface area contributed by atoms with Crippen molar-refractivity contribution in [3.8, 4) is 0 Å². The van der Waals surface area contributed by atoms with Gasteiger partial charge in [-0.25, -0.2) is 4.79 Å². The number of hydrogen-bond acceptors (Lipinski definition) is 9. The molecule has 0 aromatic rings. The standard InChI is InChI=1S/C16H30N8O7S/c17-7(4-11(18)26)12(27)24-10(6-32)14(29)22-8(2-1-3-21-16(19)20)13(28)23-9(5-25)15(30)31/h7-10,25,32H,1-6,17H2,(H2,18,26)(H,22,29)(H,23,28)(H,24,27)(H,30,31)(H4,19,20,21). The number of aliphatic hydroxyl groups is 1. The van der Waals surface area contributed by atoms with E-state index in [1.54, 1.807) is 0 Å². The van der Waals surface area contributed by atoms with Gasteiger partial charge in [0.05, 0.1) is 19.1 Å². The Morgan fingerprint density at radius 1 is 0.906 bits per heavy atom. The van der Waals surface area contributed by atoms with E-state index in [9.17, 15) is 24.0 Å². The number of carboxylic acid groups (broad SMARTS) is 1. The first-order chi connectivity index (χ1) is 14.9. The van der Waals surface area contributed by atoms with Gasteiger partial charge in [-0.2, -0.15) is 12.6 Å². The zero-order chi connectivity index (χ0) is 24.8. The van der Waals surface area contributed by atoms with Crippen LogP contribution >= 0.6 is 12.6 Å². The maximum absolute atomic E-state index is 12.6. The molecule has 0 saturated heterocycles. The topological polar surface area (TPSA) is 278 Å². The zero-order valence-corrected chi connectivity index (χ0v) is 18.1. The van der Waals surface area contributed by atoms with Crippen molar-refractivity contribution in [1.82, 2.24) is 16.0 Å². The quantitative estimate of drug-likeness (QED) is 0.0461. The van der Waals surface area contributed by atoms with Gasteiger partial charge in [0.1, 0.15) is 18.1 Å². The van der Waals surface area contributed by atoms with E-state index in [1.807, 2.05) is 0 Å². The lowest BCUT2D eigenvalue weighted by Gasteiger charge is -2.24. The van der Waals surface area contributed by atoms with Crippen LogP contribution in [0.3, 0.4) is 0 Å². The normalized spacial score (nSPS) is 14.2. The highest BCUT2D eigenvalue weighted by Gasteiger charge is 2.29. The van der Waals surface area contributed by atoms with Crippen LogP contribution in [0.15, 0.2) is 4.99 Å². The van der Waals surface area contributed by atoms with Gasteiger partial charge in [-0.05, 0) is 12.8 Å². The number of carboxylic acids is 1. The van der Waals surface area contributed by atoms with Crippen molar-refractivity contribution in [1.29, 1.82) is 0 Å². The third-order valence-corrected chi connectivity index (χ3v) is 4.31. The van der Waals surface area contributed by atoms with E-state index in [2.05, 4.69) is 33.6 Å². The molecular weight excluding hydrogens is 448 g/mol. The minimum Gasteiger partial charge on any atom is -0.480 e. The van der Waals surface area contributed by atoms with Gasteiger partial charge in [0.15, 0.2) is 5.96 Å². The van der Waals surface area contributed by atoms with E-state index in [4.69, 9.17) is 33.1 Å². The fourth-order valence-corrected chi connectivity index (χ4v) is 2.54. The number of guanidine groups is 1. The maximum Gasteiger partial charge on any atom is 0.328 e. The molecule has 32 heavy (non-hydrogen) atoms. The Bertz CT molecular complexity index is 717. The number of nitrogens with two attached hydrogens (primary N) is 4. The molecule has 13 N–H and O–H groups in total. The van der Waals surface area contributed by atoms with Crippen LogP contribution in [0.25, 0.3) is 0 Å². The van der Waals surface area contributed by atoms with E-state index < -0.39 is 66.8 Å². The smallest absolute Gasteiger partial charge is 0.328 e. The van der Waals surface area contributed by atoms with Crippen molar-refractivity contribution in [2.45, 2.75) is 43.4 Å². The maximum atomic E-state index is 12.6. The second-order valence-corrected chi connectivity index (χ2v) is 6.98. The predicted octanol–water partition coefficient (Wildman–Crippen LogP) is -5.30. The number of hydrogen-bond donors (Lipinski definition) is 10. The average molecular weight is 479 g/mol. The van der Waals surface area contributed by atoms with Crippen molar-refractivity contribution in [2.24, 2.45) is 27.9 Å². The highest BCUT2D eigenvalue weighted by atomic mass is 32.1. The number of aliphatic hydroxyl groups excluding tert-OH is 1. The summed E-state index contributed by atoms with van der Waals surface area (Å²) in [5.41, 5.74) is 21.0. The van der Waals surface area contributed by atoms with Crippen molar-refractivity contribution in [3.63, 3.8) is 0 Å². The van der Waals surface area contributed by atoms with E-state index in [1.165, 1.54) is 0 Å². The molecular formula is C16H30N8O7S. The van der Waals surface area contributed by atoms with Gasteiger partial charge in [0, 0.05) is 12.3 Å². The van der Waals surface area contributed by atoms with Crippen LogP contribution in [0.4, 0.5) is 0 Å². The predicted molar refractivity (Wildman–Crippen MR) is 116 cm³/mol. The molecule has 16 heteroatoms. The number of carbonyl (C=O) groups excluding carboxylic acids is 4. The number of rotatable bonds is 15. The lowest BCUT2D eigenvalue weighted by Crippen LogP contribution is -2.58. The largest absolute Gasteiger partial charge is 0.480 e. The van der Waals surface area contributed by atoms with Gasteiger partial charge < -0.3 is 49.1 Å². The average Bonchev–Trinajstić information content (AvgIpc) is 2.70. The zero-order valence-electron chi connectivity index (χ0n) is 17.2. The number of thiol groups is 1. The summed E-state index contributed by atoms with van der Waals surface area (Å²) in [6.45, 7) is -0.748. The Hall–Kier alpha value is -3.11. The number of primary amides is 1. The third-order valence-electron chi connectivity index (χ3n) is 3.95. The molecule has 0 saturated carbocycles. The Morgan fingerprint density at radius 3 is 1.91 bits per heavy atom. The van der Waals surface area contributed by atoms with Crippen LogP contribution in [-0.2, 0) is 24.0 Å². The first-order valence-corrected chi connectivity index (χ1v) is 10.0. The fourth-order valence-electron chi connectivity index (χ4n) is 2.28. The van der Waals surface area contributed by atoms with Gasteiger partial charge in [-0.1, -0.05) is 0 Å². The van der Waals surface area contributed by atoms with E-state index in [0.29, 0.717) is 0 Å². The lowest BCUT2D eigenvalue weighted by molar-refractivity contribution is -0.143. The van der Waals surface area contributed by atoms with Crippen LogP contribution < -0.4 is 38.9 Å². The Labute approximate surface area is 189 Å². The van der Waals surface area contributed by atoms with E-state index in [-0.39, 0.29) is 31.1 Å². The first-order valence-electron chi connectivity index (χ1n) is 9.37. The molecule has 0 aliphatic heterocycles. The molecule has 0 spiro atoms. The van der Waals surface area contributed by atoms with Gasteiger partial charge >= 0.3 is 5.97 Å². The molecule has 0 aromatic carbocycles. The van der Waals surface area contributed by atoms with Crippen LogP contribution in [0.2, 0.25) is 0 Å². The molecule has 4 amide bonds. The van der Waals surface area contributed by atoms with Gasteiger partial charge in [-0.15, -0.1) is 0 Å². The van der Waals surface area contributed by atoms with Crippen molar-refractivity contribution in [3.05, 3.63) is 0 Å². The Kier molecular flexibility index (Phi) is 13.4. The van der Waals surface area contributed by atoms with E-state index >= 15 is 0 Å². The summed E-state index contributed by atoms with van der Waals surface area (Å²) in [6, 6.07) is -5.36. The number of nitrogens with zero attached hydrogens (tertiary/aromatic N) is 1. The lowest BCUT2D eigenvalue weighted by atomic mass is 10.1. The molecule has 0 heterocycles. The summed E-state index contributed by atoms with van der Waals surface area (Å²) in [7, 11) is 0. The molecule has 0 fully saturated rings. The second kappa shape index (κ2) is 14.8. The van der Waals surface area contributed by atoms with Gasteiger partial charge in [-0.3, -0.25) is 24.2 Å². The van der Waals surface area contributed by atoms with Crippen molar-refractivity contribution < 1.29 is 34.2 Å². The van der Waals surface area contributed by atoms with Crippen LogP contribution in [0.1, 0.15) is 19.3 Å². The summed E-state index contributed by atoms with van der Waals surface area (Å²) in [5, 5.41) is 24.8. The number of carbonyl (C=O) groups is 5. The summed E-state index contributed by atoms with van der Waals surface area (Å²) >= 11 is 3.98. The third kappa shape index (κ3) is 11.3. The fraction of sp³-hybridized carbons (Fsp3) is 0.625. The monoisotopic (exact) mass is 478 g/mol. The molecule has 0 aliphatic rings. The molecule has 4 unspecified atom stereocenters. The molecule has 15 nitrogen and oxygen atoms in total. The van der Waals surface area contributed by atoms with Crippen molar-refractivity contribution in [2.75, 3.05) is 18.9 Å². The molecule has 0 radical (unpaired) electrons. The first kappa shape index (κ1) is 28.9. The van der Waals surface area contributed by atoms with E-state index in [0.717, 1.165) is 0 Å². The molecule has 182 valence electrons. The summed E-state index contributed by atoms with van der Waals surface area (Å²) in [5.74, 6) is -5.19. The summed E-state index contributed by atoms with van der Waals surface area (Å²) < 4.78 is 0. The van der Waals surface area contributed by atoms with Crippen LogP contribution in [-0.4, -0.2) is 88.8 Å². The number of nitrogens with one attached hydrogen (secondary N) is 3. The van der Waals surface area contributed by atoms with Gasteiger partial charge in [0.2, 0.25) is 23.6 Å². The number of aliphatic imine (C=N–C) groups is 1. The minimum atomic E-state index is -1.59. The van der Waals surface area contributed by atoms with Crippen LogP contribution in [0.5, 0.6) is 0 Å². The Morgan fingerprint density at radius 2 is 1.44 bits per heavy atom. The van der Waals surface area contributed by atoms with Crippen LogP contribution in [0, 0.1) is 0 Å². The SMILES string of the molecule is NC(=O)CC(N)C(=O)NC(CS)C(=O)NC(CCCN=C(N)N)C(=O)NC(CO)C(=O)O. The minimum absolute atomic E-state index is 0.000544. The Balaban J connectivity index is 5.28. The summed E-state index contributed by atoms with van der Waals surface area (Å²) in [4.78, 5) is 62.8. The van der Waals surface area contributed by atoms with Crippen molar-refractivity contribution >= 4 is 48.2 Å². The molecule has 4 atom stereocenters. The number of amides is 4.